The van der Waals surface area contributed by atoms with E-state index in [1.54, 1.807) is 0 Å². The van der Waals surface area contributed by atoms with Gasteiger partial charge in [0, 0.05) is 6.04 Å². The number of nitrogens with one attached hydrogen (secondary N) is 1. The van der Waals surface area contributed by atoms with Gasteiger partial charge in [-0.1, -0.05) is 25.8 Å². The smallest absolute Gasteiger partial charge is 0.344 e. The van der Waals surface area contributed by atoms with E-state index in [0.717, 1.165) is 24.8 Å². The van der Waals surface area contributed by atoms with Crippen LogP contribution >= 0.6 is 0 Å². The molecule has 0 heterocycles. The van der Waals surface area contributed by atoms with E-state index in [0.29, 0.717) is 11.7 Å². The minimum absolute atomic E-state index is 0.191. The third-order valence-electron chi connectivity index (χ3n) is 4.66. The molecule has 1 N–H and O–H groups in total. The normalized spacial score (nSPS) is 20.3. The SMILES string of the molecule is Cc1ccc(OCC(=O)OCC(=O)N[C@@H]2CCCC[C@H]2C)cc1C. The van der Waals surface area contributed by atoms with Gasteiger partial charge < -0.3 is 14.8 Å². The number of hydrogen-bond donors (Lipinski definition) is 1. The number of carbonyl (C=O) groups is 2. The first kappa shape index (κ1) is 18.3. The van der Waals surface area contributed by atoms with E-state index in [2.05, 4.69) is 12.2 Å². The van der Waals surface area contributed by atoms with Crippen LogP contribution in [0.3, 0.4) is 0 Å². The van der Waals surface area contributed by atoms with Crippen LogP contribution in [0.1, 0.15) is 43.7 Å². The summed E-state index contributed by atoms with van der Waals surface area (Å²) in [5, 5.41) is 2.95. The van der Waals surface area contributed by atoms with Gasteiger partial charge in [0.05, 0.1) is 0 Å². The fourth-order valence-corrected chi connectivity index (χ4v) is 2.91. The maximum atomic E-state index is 11.9. The molecule has 1 fully saturated rings. The Morgan fingerprint density at radius 1 is 1.12 bits per heavy atom. The molecular weight excluding hydrogens is 306 g/mol. The maximum absolute atomic E-state index is 11.9. The molecule has 1 aliphatic rings. The van der Waals surface area contributed by atoms with Crippen molar-refractivity contribution in [2.75, 3.05) is 13.2 Å². The number of rotatable bonds is 6. The number of hydrogen-bond acceptors (Lipinski definition) is 4. The van der Waals surface area contributed by atoms with E-state index < -0.39 is 5.97 Å². The van der Waals surface area contributed by atoms with E-state index in [-0.39, 0.29) is 25.2 Å². The predicted molar refractivity (Wildman–Crippen MR) is 91.9 cm³/mol. The Balaban J connectivity index is 1.68. The van der Waals surface area contributed by atoms with Crippen LogP contribution in [0.2, 0.25) is 0 Å². The highest BCUT2D eigenvalue weighted by atomic mass is 16.6. The molecule has 5 heteroatoms. The highest BCUT2D eigenvalue weighted by Crippen LogP contribution is 2.23. The van der Waals surface area contributed by atoms with E-state index in [1.165, 1.54) is 12.0 Å². The fraction of sp³-hybridized carbons (Fsp3) is 0.579. The van der Waals surface area contributed by atoms with Crippen molar-refractivity contribution in [3.63, 3.8) is 0 Å². The molecule has 0 bridgehead atoms. The summed E-state index contributed by atoms with van der Waals surface area (Å²) in [6.07, 6.45) is 4.49. The third-order valence-corrected chi connectivity index (χ3v) is 4.66. The molecular formula is C19H27NO4. The molecule has 0 unspecified atom stereocenters. The van der Waals surface area contributed by atoms with Crippen LogP contribution in [-0.2, 0) is 14.3 Å². The predicted octanol–water partition coefficient (Wildman–Crippen LogP) is 2.92. The van der Waals surface area contributed by atoms with E-state index in [4.69, 9.17) is 9.47 Å². The number of aryl methyl sites for hydroxylation is 2. The molecule has 2 atom stereocenters. The number of benzene rings is 1. The molecule has 2 rings (SSSR count). The molecule has 0 saturated heterocycles. The quantitative estimate of drug-likeness (QED) is 0.813. The van der Waals surface area contributed by atoms with Crippen molar-refractivity contribution < 1.29 is 19.1 Å². The van der Waals surface area contributed by atoms with Gasteiger partial charge in [-0.3, -0.25) is 4.79 Å². The Labute approximate surface area is 143 Å². The Bertz CT molecular complexity index is 585. The van der Waals surface area contributed by atoms with Gasteiger partial charge in [-0.2, -0.15) is 0 Å². The minimum atomic E-state index is -0.542. The molecule has 1 saturated carbocycles. The van der Waals surface area contributed by atoms with Gasteiger partial charge in [0.2, 0.25) is 0 Å². The maximum Gasteiger partial charge on any atom is 0.344 e. The van der Waals surface area contributed by atoms with Crippen molar-refractivity contribution in [3.8, 4) is 5.75 Å². The van der Waals surface area contributed by atoms with Crippen LogP contribution in [-0.4, -0.2) is 31.1 Å². The van der Waals surface area contributed by atoms with Crippen molar-refractivity contribution in [1.29, 1.82) is 0 Å². The first-order valence-corrected chi connectivity index (χ1v) is 8.60. The van der Waals surface area contributed by atoms with E-state index in [9.17, 15) is 9.59 Å². The zero-order valence-electron chi connectivity index (χ0n) is 14.8. The fourth-order valence-electron chi connectivity index (χ4n) is 2.91. The number of ether oxygens (including phenoxy) is 2. The molecule has 0 spiro atoms. The average molecular weight is 333 g/mol. The van der Waals surface area contributed by atoms with Crippen LogP contribution in [0.25, 0.3) is 0 Å². The second-order valence-corrected chi connectivity index (χ2v) is 6.63. The monoisotopic (exact) mass is 333 g/mol. The Hall–Kier alpha value is -2.04. The Morgan fingerprint density at radius 3 is 2.58 bits per heavy atom. The average Bonchev–Trinajstić information content (AvgIpc) is 2.56. The molecule has 0 radical (unpaired) electrons. The highest BCUT2D eigenvalue weighted by molar-refractivity contribution is 5.81. The Kier molecular flexibility index (Phi) is 6.64. The topological polar surface area (TPSA) is 64.6 Å². The van der Waals surface area contributed by atoms with Crippen LogP contribution in [0.4, 0.5) is 0 Å². The summed E-state index contributed by atoms with van der Waals surface area (Å²) >= 11 is 0. The molecule has 1 amide bonds. The summed E-state index contributed by atoms with van der Waals surface area (Å²) in [6, 6.07) is 5.82. The lowest BCUT2D eigenvalue weighted by molar-refractivity contribution is -0.150. The number of amides is 1. The van der Waals surface area contributed by atoms with Crippen LogP contribution in [0.15, 0.2) is 18.2 Å². The van der Waals surface area contributed by atoms with Crippen LogP contribution in [0, 0.1) is 19.8 Å². The molecule has 0 aliphatic heterocycles. The summed E-state index contributed by atoms with van der Waals surface area (Å²) < 4.78 is 10.4. The third kappa shape index (κ3) is 5.55. The summed E-state index contributed by atoms with van der Waals surface area (Å²) in [5.74, 6) is 0.315. The van der Waals surface area contributed by atoms with Gasteiger partial charge >= 0.3 is 5.97 Å². The molecule has 5 nitrogen and oxygen atoms in total. The summed E-state index contributed by atoms with van der Waals surface area (Å²) in [7, 11) is 0. The molecule has 132 valence electrons. The van der Waals surface area contributed by atoms with Gasteiger partial charge in [-0.15, -0.1) is 0 Å². The van der Waals surface area contributed by atoms with Crippen molar-refractivity contribution >= 4 is 11.9 Å². The lowest BCUT2D eigenvalue weighted by Gasteiger charge is -2.29. The summed E-state index contributed by atoms with van der Waals surface area (Å²) in [6.45, 7) is 5.69. The first-order valence-electron chi connectivity index (χ1n) is 8.60. The van der Waals surface area contributed by atoms with E-state index >= 15 is 0 Å². The minimum Gasteiger partial charge on any atom is -0.482 e. The van der Waals surface area contributed by atoms with Crippen molar-refractivity contribution in [2.24, 2.45) is 5.92 Å². The van der Waals surface area contributed by atoms with Crippen molar-refractivity contribution in [3.05, 3.63) is 29.3 Å². The second kappa shape index (κ2) is 8.71. The highest BCUT2D eigenvalue weighted by Gasteiger charge is 2.23. The molecule has 1 aromatic carbocycles. The van der Waals surface area contributed by atoms with Gasteiger partial charge in [0.25, 0.3) is 5.91 Å². The molecule has 0 aromatic heterocycles. The number of esters is 1. The van der Waals surface area contributed by atoms with E-state index in [1.807, 2.05) is 32.0 Å². The van der Waals surface area contributed by atoms with Gasteiger partial charge in [0.1, 0.15) is 5.75 Å². The largest absolute Gasteiger partial charge is 0.482 e. The van der Waals surface area contributed by atoms with Crippen LogP contribution < -0.4 is 10.1 Å². The van der Waals surface area contributed by atoms with Gasteiger partial charge in [-0.05, 0) is 55.9 Å². The molecule has 1 aliphatic carbocycles. The second-order valence-electron chi connectivity index (χ2n) is 6.63. The lowest BCUT2D eigenvalue weighted by Crippen LogP contribution is -2.43. The zero-order valence-corrected chi connectivity index (χ0v) is 14.8. The zero-order chi connectivity index (χ0) is 17.5. The van der Waals surface area contributed by atoms with Crippen molar-refractivity contribution in [1.82, 2.24) is 5.32 Å². The van der Waals surface area contributed by atoms with Crippen molar-refractivity contribution in [2.45, 2.75) is 52.5 Å². The lowest BCUT2D eigenvalue weighted by atomic mass is 9.86. The Morgan fingerprint density at radius 2 is 1.88 bits per heavy atom. The van der Waals surface area contributed by atoms with Gasteiger partial charge in [0.15, 0.2) is 13.2 Å². The summed E-state index contributed by atoms with van der Waals surface area (Å²) in [4.78, 5) is 23.6. The first-order chi connectivity index (χ1) is 11.5. The molecule has 1 aromatic rings. The van der Waals surface area contributed by atoms with Gasteiger partial charge in [-0.25, -0.2) is 4.79 Å². The standard InChI is InChI=1S/C19H27NO4/c1-13-8-9-16(10-15(13)3)23-12-19(22)24-11-18(21)20-17-7-5-4-6-14(17)2/h8-10,14,17H,4-7,11-12H2,1-3H3,(H,20,21)/t14-,17-/m1/s1. The molecule has 24 heavy (non-hydrogen) atoms. The summed E-state index contributed by atoms with van der Waals surface area (Å²) in [5.41, 5.74) is 2.26. The number of carbonyl (C=O) groups excluding carboxylic acids is 2. The van der Waals surface area contributed by atoms with Crippen LogP contribution in [0.5, 0.6) is 5.75 Å².